The molecule has 0 aliphatic carbocycles. The monoisotopic (exact) mass is 282 g/mol. The number of nitrogens with one attached hydrogen (secondary N) is 1. The second kappa shape index (κ2) is 9.69. The average Bonchev–Trinajstić information content (AvgIpc) is 2.29. The Balaban J connectivity index is 4.59. The molecule has 1 unspecified atom stereocenters. The minimum Gasteiger partial charge on any atom is -0.383 e. The molecule has 0 spiro atoms. The molecule has 0 rings (SSSR count). The van der Waals surface area contributed by atoms with Crippen LogP contribution in [0.5, 0.6) is 0 Å². The lowest BCUT2D eigenvalue weighted by Gasteiger charge is -2.27. The van der Waals surface area contributed by atoms with Crippen molar-refractivity contribution >= 4 is 10.0 Å². The predicted molar refractivity (Wildman–Crippen MR) is 72.3 cm³/mol. The summed E-state index contributed by atoms with van der Waals surface area (Å²) >= 11 is 0. The fraction of sp³-hybridized carbons (Fsp3) is 1.00. The van der Waals surface area contributed by atoms with Crippen molar-refractivity contribution in [2.45, 2.75) is 19.9 Å². The second-order valence-corrected chi connectivity index (χ2v) is 6.12. The molecule has 0 saturated carbocycles. The summed E-state index contributed by atoms with van der Waals surface area (Å²) in [5.74, 6) is 0.0958. The molecule has 6 nitrogen and oxygen atoms in total. The molecule has 1 N–H and O–H groups in total. The average molecular weight is 282 g/mol. The van der Waals surface area contributed by atoms with Crippen molar-refractivity contribution in [3.05, 3.63) is 0 Å². The van der Waals surface area contributed by atoms with Crippen molar-refractivity contribution in [2.75, 3.05) is 52.8 Å². The quantitative estimate of drug-likeness (QED) is 0.536. The van der Waals surface area contributed by atoms with E-state index in [1.165, 1.54) is 4.31 Å². The summed E-state index contributed by atoms with van der Waals surface area (Å²) in [6, 6.07) is -0.184. The molecule has 7 heteroatoms. The predicted octanol–water partition coefficient (Wildman–Crippen LogP) is -0.0910. The number of hydrogen-bond donors (Lipinski definition) is 1. The zero-order chi connectivity index (χ0) is 14.0. The third kappa shape index (κ3) is 6.65. The Morgan fingerprint density at radius 3 is 2.44 bits per heavy atom. The van der Waals surface area contributed by atoms with Crippen LogP contribution in [0.2, 0.25) is 0 Å². The molecular weight excluding hydrogens is 256 g/mol. The lowest BCUT2D eigenvalue weighted by atomic mass is 10.3. The summed E-state index contributed by atoms with van der Waals surface area (Å²) in [5, 5.41) is 3.02. The Morgan fingerprint density at radius 2 is 1.94 bits per heavy atom. The highest BCUT2D eigenvalue weighted by atomic mass is 32.2. The summed E-state index contributed by atoms with van der Waals surface area (Å²) in [5.41, 5.74) is 0. The fourth-order valence-corrected chi connectivity index (χ4v) is 3.23. The van der Waals surface area contributed by atoms with E-state index in [9.17, 15) is 8.42 Å². The second-order valence-electron chi connectivity index (χ2n) is 4.08. The van der Waals surface area contributed by atoms with E-state index in [0.717, 1.165) is 6.54 Å². The van der Waals surface area contributed by atoms with Crippen LogP contribution in [-0.4, -0.2) is 71.6 Å². The van der Waals surface area contributed by atoms with Gasteiger partial charge < -0.3 is 14.8 Å². The van der Waals surface area contributed by atoms with Crippen LogP contribution >= 0.6 is 0 Å². The maximum atomic E-state index is 12.2. The van der Waals surface area contributed by atoms with Gasteiger partial charge in [0.1, 0.15) is 0 Å². The largest absolute Gasteiger partial charge is 0.383 e. The van der Waals surface area contributed by atoms with Crippen LogP contribution in [0.15, 0.2) is 0 Å². The molecule has 18 heavy (non-hydrogen) atoms. The topological polar surface area (TPSA) is 67.9 Å². The van der Waals surface area contributed by atoms with E-state index in [1.54, 1.807) is 14.2 Å². The molecule has 0 saturated heterocycles. The van der Waals surface area contributed by atoms with Gasteiger partial charge in [0.05, 0.1) is 19.0 Å². The van der Waals surface area contributed by atoms with Gasteiger partial charge >= 0.3 is 0 Å². The van der Waals surface area contributed by atoms with Crippen molar-refractivity contribution in [1.29, 1.82) is 0 Å². The minimum atomic E-state index is -3.28. The van der Waals surface area contributed by atoms with E-state index in [-0.39, 0.29) is 11.8 Å². The lowest BCUT2D eigenvalue weighted by molar-refractivity contribution is 0.119. The Morgan fingerprint density at radius 1 is 1.28 bits per heavy atom. The first-order valence-corrected chi connectivity index (χ1v) is 7.78. The number of methoxy groups -OCH3 is 2. The Labute approximate surface area is 111 Å². The third-order valence-corrected chi connectivity index (χ3v) is 4.54. The Kier molecular flexibility index (Phi) is 9.57. The summed E-state index contributed by atoms with van der Waals surface area (Å²) in [6.45, 7) is 6.13. The summed E-state index contributed by atoms with van der Waals surface area (Å²) in [6.07, 6.45) is 0. The van der Waals surface area contributed by atoms with Crippen LogP contribution in [0.25, 0.3) is 0 Å². The van der Waals surface area contributed by atoms with Crippen molar-refractivity contribution in [1.82, 2.24) is 9.62 Å². The summed E-state index contributed by atoms with van der Waals surface area (Å²) < 4.78 is 35.8. The number of sulfonamides is 1. The molecule has 0 aliphatic heterocycles. The molecule has 0 aromatic rings. The maximum absolute atomic E-state index is 12.2. The molecular formula is C11H26N2O4S. The van der Waals surface area contributed by atoms with E-state index < -0.39 is 10.0 Å². The van der Waals surface area contributed by atoms with Crippen molar-refractivity contribution in [3.63, 3.8) is 0 Å². The van der Waals surface area contributed by atoms with Crippen LogP contribution in [-0.2, 0) is 19.5 Å². The molecule has 0 fully saturated rings. The highest BCUT2D eigenvalue weighted by molar-refractivity contribution is 7.89. The van der Waals surface area contributed by atoms with E-state index >= 15 is 0 Å². The molecule has 0 radical (unpaired) electrons. The van der Waals surface area contributed by atoms with Gasteiger partial charge in [-0.25, -0.2) is 8.42 Å². The SMILES string of the molecule is CCNCCS(=O)(=O)N(CCOC)C(C)COC. The molecule has 0 aromatic heterocycles. The smallest absolute Gasteiger partial charge is 0.215 e. The zero-order valence-electron chi connectivity index (χ0n) is 11.8. The van der Waals surface area contributed by atoms with Crippen LogP contribution in [0.1, 0.15) is 13.8 Å². The summed E-state index contributed by atoms with van der Waals surface area (Å²) in [4.78, 5) is 0. The van der Waals surface area contributed by atoms with Gasteiger partial charge in [-0.05, 0) is 13.5 Å². The van der Waals surface area contributed by atoms with Crippen LogP contribution < -0.4 is 5.32 Å². The van der Waals surface area contributed by atoms with Gasteiger partial charge in [0, 0.05) is 33.4 Å². The van der Waals surface area contributed by atoms with E-state index in [2.05, 4.69) is 5.32 Å². The van der Waals surface area contributed by atoms with Gasteiger partial charge in [-0.3, -0.25) is 0 Å². The normalized spacial score (nSPS) is 14.1. The minimum absolute atomic E-state index is 0.0958. The molecule has 0 amide bonds. The molecule has 110 valence electrons. The molecule has 0 heterocycles. The third-order valence-electron chi connectivity index (χ3n) is 2.56. The van der Waals surface area contributed by atoms with Gasteiger partial charge in [0.25, 0.3) is 0 Å². The Bertz CT molecular complexity index is 295. The number of rotatable bonds is 11. The van der Waals surface area contributed by atoms with Crippen LogP contribution in [0.3, 0.4) is 0 Å². The standard InChI is InChI=1S/C11H26N2O4S/c1-5-12-6-9-18(14,15)13(7-8-16-3)11(2)10-17-4/h11-12H,5-10H2,1-4H3. The summed E-state index contributed by atoms with van der Waals surface area (Å²) in [7, 11) is -0.152. The first-order chi connectivity index (χ1) is 8.49. The van der Waals surface area contributed by atoms with Gasteiger partial charge in [0.15, 0.2) is 0 Å². The van der Waals surface area contributed by atoms with E-state index in [4.69, 9.17) is 9.47 Å². The van der Waals surface area contributed by atoms with Crippen molar-refractivity contribution in [3.8, 4) is 0 Å². The highest BCUT2D eigenvalue weighted by Gasteiger charge is 2.26. The number of ether oxygens (including phenoxy) is 2. The number of hydrogen-bond acceptors (Lipinski definition) is 5. The highest BCUT2D eigenvalue weighted by Crippen LogP contribution is 2.08. The molecule has 1 atom stereocenters. The van der Waals surface area contributed by atoms with Crippen molar-refractivity contribution in [2.24, 2.45) is 0 Å². The first-order valence-electron chi connectivity index (χ1n) is 6.17. The lowest BCUT2D eigenvalue weighted by Crippen LogP contribution is -2.45. The number of nitrogens with zero attached hydrogens (tertiary/aromatic N) is 1. The van der Waals surface area contributed by atoms with Gasteiger partial charge in [0.2, 0.25) is 10.0 Å². The van der Waals surface area contributed by atoms with Gasteiger partial charge in [-0.15, -0.1) is 0 Å². The van der Waals surface area contributed by atoms with Crippen LogP contribution in [0, 0.1) is 0 Å². The van der Waals surface area contributed by atoms with E-state index in [0.29, 0.717) is 26.3 Å². The molecule has 0 bridgehead atoms. The first kappa shape index (κ1) is 17.8. The molecule has 0 aliphatic rings. The van der Waals surface area contributed by atoms with Gasteiger partial charge in [-0.1, -0.05) is 6.92 Å². The fourth-order valence-electron chi connectivity index (χ4n) is 1.63. The zero-order valence-corrected chi connectivity index (χ0v) is 12.6. The van der Waals surface area contributed by atoms with Crippen LogP contribution in [0.4, 0.5) is 0 Å². The maximum Gasteiger partial charge on any atom is 0.215 e. The Hall–Kier alpha value is -0.210. The van der Waals surface area contributed by atoms with Crippen molar-refractivity contribution < 1.29 is 17.9 Å². The van der Waals surface area contributed by atoms with E-state index in [1.807, 2.05) is 13.8 Å². The molecule has 0 aromatic carbocycles. The van der Waals surface area contributed by atoms with Gasteiger partial charge in [-0.2, -0.15) is 4.31 Å².